The molecule has 1 fully saturated rings. The van der Waals surface area contributed by atoms with Gasteiger partial charge in [-0.25, -0.2) is 0 Å². The first-order valence-corrected chi connectivity index (χ1v) is 10.3. The lowest BCUT2D eigenvalue weighted by Gasteiger charge is -2.27. The number of hydrogen-bond acceptors (Lipinski definition) is 3. The molecule has 1 saturated carbocycles. The van der Waals surface area contributed by atoms with Crippen LogP contribution in [0.25, 0.3) is 22.0 Å². The van der Waals surface area contributed by atoms with Crippen molar-refractivity contribution in [2.45, 2.75) is 51.5 Å². The highest BCUT2D eigenvalue weighted by atomic mass is 16.5. The number of nitrogens with zero attached hydrogens (tertiary/aromatic N) is 1. The van der Waals surface area contributed by atoms with Crippen molar-refractivity contribution in [3.63, 3.8) is 0 Å². The smallest absolute Gasteiger partial charge is 0.122 e. The monoisotopic (exact) mass is 374 g/mol. The number of fused-ring (bicyclic) bond motifs is 1. The van der Waals surface area contributed by atoms with E-state index >= 15 is 0 Å². The molecule has 1 aliphatic rings. The largest absolute Gasteiger partial charge is 0.491 e. The van der Waals surface area contributed by atoms with E-state index in [-0.39, 0.29) is 5.54 Å². The van der Waals surface area contributed by atoms with Gasteiger partial charge in [-0.05, 0) is 79.0 Å². The van der Waals surface area contributed by atoms with Crippen molar-refractivity contribution >= 4 is 10.9 Å². The molecular formula is C25H30N2O. The van der Waals surface area contributed by atoms with Crippen molar-refractivity contribution in [2.24, 2.45) is 11.7 Å². The highest BCUT2D eigenvalue weighted by Crippen LogP contribution is 2.46. The molecule has 3 heteroatoms. The molecule has 0 spiro atoms. The van der Waals surface area contributed by atoms with Crippen molar-refractivity contribution in [2.75, 3.05) is 6.61 Å². The molecule has 0 unspecified atom stereocenters. The number of nitrogens with two attached hydrogens (primary N) is 1. The first-order valence-electron chi connectivity index (χ1n) is 10.3. The van der Waals surface area contributed by atoms with Crippen LogP contribution < -0.4 is 10.5 Å². The summed E-state index contributed by atoms with van der Waals surface area (Å²) in [6.45, 7) is 7.03. The third kappa shape index (κ3) is 4.20. The average molecular weight is 375 g/mol. The van der Waals surface area contributed by atoms with E-state index < -0.39 is 0 Å². The third-order valence-corrected chi connectivity index (χ3v) is 5.42. The standard InChI is InChI=1S/C25H30N2O/c1-17(2)15-25(3,26)16-28-24-12-11-19(14-22(24)18-9-10-18)20-6-4-8-23-21(20)7-5-13-27-23/h4-8,11-14,17-18H,9-10,15-16,26H2,1-3H3/t25-/m0/s1. The van der Waals surface area contributed by atoms with Crippen LogP contribution in [0, 0.1) is 5.92 Å². The maximum atomic E-state index is 6.46. The molecule has 2 N–H and O–H groups in total. The van der Waals surface area contributed by atoms with Gasteiger partial charge < -0.3 is 10.5 Å². The molecule has 4 rings (SSSR count). The SMILES string of the molecule is CC(C)C[C@](C)(N)COc1ccc(-c2cccc3ncccc23)cc1C1CC1. The van der Waals surface area contributed by atoms with Gasteiger partial charge in [-0.3, -0.25) is 4.98 Å². The normalized spacial score (nSPS) is 16.3. The fourth-order valence-electron chi connectivity index (χ4n) is 4.15. The van der Waals surface area contributed by atoms with Gasteiger partial charge in [0.1, 0.15) is 12.4 Å². The molecule has 3 nitrogen and oxygen atoms in total. The fraction of sp³-hybridized carbons (Fsp3) is 0.400. The lowest BCUT2D eigenvalue weighted by Crippen LogP contribution is -2.43. The Hall–Kier alpha value is -2.39. The van der Waals surface area contributed by atoms with Gasteiger partial charge in [0.2, 0.25) is 0 Å². The van der Waals surface area contributed by atoms with E-state index in [4.69, 9.17) is 10.5 Å². The van der Waals surface area contributed by atoms with Crippen molar-refractivity contribution < 1.29 is 4.74 Å². The molecule has 0 bridgehead atoms. The topological polar surface area (TPSA) is 48.1 Å². The van der Waals surface area contributed by atoms with E-state index in [1.807, 2.05) is 12.3 Å². The Morgan fingerprint density at radius 3 is 2.71 bits per heavy atom. The Bertz CT molecular complexity index is 968. The van der Waals surface area contributed by atoms with Crippen LogP contribution in [0.3, 0.4) is 0 Å². The summed E-state index contributed by atoms with van der Waals surface area (Å²) < 4.78 is 6.25. The molecule has 1 heterocycles. The van der Waals surface area contributed by atoms with Crippen LogP contribution in [0.5, 0.6) is 5.75 Å². The summed E-state index contributed by atoms with van der Waals surface area (Å²) in [6.07, 6.45) is 5.28. The van der Waals surface area contributed by atoms with Gasteiger partial charge in [-0.1, -0.05) is 38.1 Å². The van der Waals surface area contributed by atoms with Crippen LogP contribution in [0.4, 0.5) is 0 Å². The number of hydrogen-bond donors (Lipinski definition) is 1. The molecule has 1 aliphatic carbocycles. The molecule has 1 aromatic heterocycles. The summed E-state index contributed by atoms with van der Waals surface area (Å²) >= 11 is 0. The van der Waals surface area contributed by atoms with E-state index in [0.29, 0.717) is 18.4 Å². The Kier molecular flexibility index (Phi) is 5.11. The molecule has 1 atom stereocenters. The van der Waals surface area contributed by atoms with Crippen molar-refractivity contribution in [3.05, 3.63) is 60.3 Å². The van der Waals surface area contributed by atoms with E-state index in [2.05, 4.69) is 68.2 Å². The zero-order valence-electron chi connectivity index (χ0n) is 17.1. The van der Waals surface area contributed by atoms with Crippen LogP contribution in [0.2, 0.25) is 0 Å². The van der Waals surface area contributed by atoms with Gasteiger partial charge in [0.05, 0.1) is 5.52 Å². The van der Waals surface area contributed by atoms with E-state index in [1.54, 1.807) is 0 Å². The first kappa shape index (κ1) is 18.9. The second-order valence-electron chi connectivity index (χ2n) is 8.94. The van der Waals surface area contributed by atoms with E-state index in [0.717, 1.165) is 17.7 Å². The summed E-state index contributed by atoms with van der Waals surface area (Å²) in [5.41, 5.74) is 10.9. The molecule has 0 radical (unpaired) electrons. The van der Waals surface area contributed by atoms with Gasteiger partial charge >= 0.3 is 0 Å². The molecule has 2 aromatic carbocycles. The minimum atomic E-state index is -0.311. The molecule has 0 saturated heterocycles. The van der Waals surface area contributed by atoms with Gasteiger partial charge in [-0.15, -0.1) is 0 Å². The Labute approximate surface area is 167 Å². The van der Waals surface area contributed by atoms with Crippen LogP contribution in [-0.2, 0) is 0 Å². The quantitative estimate of drug-likeness (QED) is 0.558. The van der Waals surface area contributed by atoms with Gasteiger partial charge in [-0.2, -0.15) is 0 Å². The first-order chi connectivity index (χ1) is 13.4. The molecule has 146 valence electrons. The number of aromatic nitrogens is 1. The Balaban J connectivity index is 1.64. The predicted octanol–water partition coefficient (Wildman–Crippen LogP) is 5.92. The Morgan fingerprint density at radius 1 is 1.14 bits per heavy atom. The van der Waals surface area contributed by atoms with Crippen molar-refractivity contribution in [1.29, 1.82) is 0 Å². The molecule has 3 aromatic rings. The maximum absolute atomic E-state index is 6.46. The zero-order chi connectivity index (χ0) is 19.7. The van der Waals surface area contributed by atoms with Crippen LogP contribution in [0.15, 0.2) is 54.7 Å². The van der Waals surface area contributed by atoms with Gasteiger partial charge in [0.25, 0.3) is 0 Å². The van der Waals surface area contributed by atoms with Crippen molar-refractivity contribution in [1.82, 2.24) is 4.98 Å². The van der Waals surface area contributed by atoms with Crippen LogP contribution in [-0.4, -0.2) is 17.1 Å². The van der Waals surface area contributed by atoms with Crippen molar-refractivity contribution in [3.8, 4) is 16.9 Å². The highest BCUT2D eigenvalue weighted by Gasteiger charge is 2.28. The summed E-state index contributed by atoms with van der Waals surface area (Å²) in [7, 11) is 0. The second-order valence-corrected chi connectivity index (χ2v) is 8.94. The molecule has 28 heavy (non-hydrogen) atoms. The summed E-state index contributed by atoms with van der Waals surface area (Å²) in [4.78, 5) is 4.50. The fourth-order valence-corrected chi connectivity index (χ4v) is 4.15. The predicted molar refractivity (Wildman–Crippen MR) is 117 cm³/mol. The summed E-state index contributed by atoms with van der Waals surface area (Å²) in [5.74, 6) is 2.16. The number of rotatable bonds is 7. The maximum Gasteiger partial charge on any atom is 0.122 e. The number of ether oxygens (including phenoxy) is 1. The van der Waals surface area contributed by atoms with Crippen LogP contribution in [0.1, 0.15) is 51.5 Å². The highest BCUT2D eigenvalue weighted by molar-refractivity contribution is 5.94. The minimum absolute atomic E-state index is 0.311. The summed E-state index contributed by atoms with van der Waals surface area (Å²) in [5, 5.41) is 1.19. The van der Waals surface area contributed by atoms with Gasteiger partial charge in [0.15, 0.2) is 0 Å². The lowest BCUT2D eigenvalue weighted by molar-refractivity contribution is 0.205. The van der Waals surface area contributed by atoms with Crippen LogP contribution >= 0.6 is 0 Å². The lowest BCUT2D eigenvalue weighted by atomic mass is 9.92. The van der Waals surface area contributed by atoms with E-state index in [1.165, 1.54) is 34.9 Å². The number of benzene rings is 2. The molecular weight excluding hydrogens is 344 g/mol. The third-order valence-electron chi connectivity index (χ3n) is 5.42. The number of pyridine rings is 1. The zero-order valence-corrected chi connectivity index (χ0v) is 17.1. The van der Waals surface area contributed by atoms with Gasteiger partial charge in [0, 0.05) is 17.1 Å². The average Bonchev–Trinajstić information content (AvgIpc) is 3.50. The summed E-state index contributed by atoms with van der Waals surface area (Å²) in [6, 6.07) is 17.1. The Morgan fingerprint density at radius 2 is 1.96 bits per heavy atom. The van der Waals surface area contributed by atoms with E-state index in [9.17, 15) is 0 Å². The minimum Gasteiger partial charge on any atom is -0.491 e. The molecule has 0 amide bonds. The molecule has 0 aliphatic heterocycles. The second kappa shape index (κ2) is 7.56.